The summed E-state index contributed by atoms with van der Waals surface area (Å²) in [6.45, 7) is 0.690. The minimum absolute atomic E-state index is 0.0370. The van der Waals surface area contributed by atoms with Crippen molar-refractivity contribution in [1.29, 1.82) is 0 Å². The number of rotatable bonds is 4. The van der Waals surface area contributed by atoms with Crippen molar-refractivity contribution in [1.82, 2.24) is 15.1 Å². The Morgan fingerprint density at radius 1 is 1.23 bits per heavy atom. The lowest BCUT2D eigenvalue weighted by molar-refractivity contribution is -0.118. The van der Waals surface area contributed by atoms with Crippen molar-refractivity contribution in [2.75, 3.05) is 11.9 Å². The molecule has 0 saturated carbocycles. The minimum Gasteiger partial charge on any atom is -0.482 e. The van der Waals surface area contributed by atoms with E-state index in [2.05, 4.69) is 27.9 Å². The van der Waals surface area contributed by atoms with Crippen LogP contribution >= 0.6 is 0 Å². The molecule has 7 nitrogen and oxygen atoms in total. The average molecular weight is 402 g/mol. The monoisotopic (exact) mass is 402 g/mol. The summed E-state index contributed by atoms with van der Waals surface area (Å²) < 4.78 is 7.47. The molecule has 3 aromatic rings. The van der Waals surface area contributed by atoms with Crippen LogP contribution < -0.4 is 15.4 Å². The number of carbonyl (C=O) groups is 2. The fourth-order valence-electron chi connectivity index (χ4n) is 4.12. The van der Waals surface area contributed by atoms with Crippen LogP contribution in [0.4, 0.5) is 5.69 Å². The molecule has 0 radical (unpaired) electrons. The van der Waals surface area contributed by atoms with Gasteiger partial charge < -0.3 is 15.4 Å². The molecule has 0 bridgehead atoms. The molecule has 30 heavy (non-hydrogen) atoms. The highest BCUT2D eigenvalue weighted by Crippen LogP contribution is 2.32. The van der Waals surface area contributed by atoms with E-state index in [4.69, 9.17) is 4.74 Å². The Morgan fingerprint density at radius 3 is 2.97 bits per heavy atom. The second kappa shape index (κ2) is 7.67. The topological polar surface area (TPSA) is 85.2 Å². The van der Waals surface area contributed by atoms with Gasteiger partial charge in [0.2, 0.25) is 0 Å². The fraction of sp³-hybridized carbons (Fsp3) is 0.261. The highest BCUT2D eigenvalue weighted by atomic mass is 16.5. The summed E-state index contributed by atoms with van der Waals surface area (Å²) in [7, 11) is 0. The van der Waals surface area contributed by atoms with Crippen LogP contribution in [0.1, 0.15) is 46.1 Å². The van der Waals surface area contributed by atoms with Gasteiger partial charge in [0.1, 0.15) is 5.75 Å². The Hall–Kier alpha value is -3.61. The number of benzene rings is 2. The van der Waals surface area contributed by atoms with Gasteiger partial charge in [-0.25, -0.2) is 0 Å². The van der Waals surface area contributed by atoms with E-state index in [0.29, 0.717) is 17.0 Å². The Balaban J connectivity index is 1.33. The first kappa shape index (κ1) is 18.4. The van der Waals surface area contributed by atoms with Crippen LogP contribution in [0.25, 0.3) is 0 Å². The van der Waals surface area contributed by atoms with Crippen LogP contribution in [0.3, 0.4) is 0 Å². The van der Waals surface area contributed by atoms with E-state index in [1.54, 1.807) is 18.2 Å². The van der Waals surface area contributed by atoms with Gasteiger partial charge in [0, 0.05) is 16.8 Å². The second-order valence-electron chi connectivity index (χ2n) is 7.66. The molecule has 0 unspecified atom stereocenters. The first-order chi connectivity index (χ1) is 14.7. The van der Waals surface area contributed by atoms with Crippen molar-refractivity contribution in [3.05, 3.63) is 77.1 Å². The van der Waals surface area contributed by atoms with Crippen LogP contribution in [0.5, 0.6) is 5.75 Å². The van der Waals surface area contributed by atoms with Crippen LogP contribution in [-0.4, -0.2) is 28.2 Å². The van der Waals surface area contributed by atoms with E-state index < -0.39 is 0 Å². The molecule has 2 heterocycles. The maximum absolute atomic E-state index is 12.9. The van der Waals surface area contributed by atoms with Gasteiger partial charge in [-0.15, -0.1) is 0 Å². The zero-order valence-electron chi connectivity index (χ0n) is 16.4. The molecule has 0 spiro atoms. The zero-order valence-corrected chi connectivity index (χ0v) is 16.4. The van der Waals surface area contributed by atoms with Gasteiger partial charge in [-0.05, 0) is 43.0 Å². The molecule has 1 aliphatic carbocycles. The number of ether oxygens (including phenoxy) is 1. The number of carbonyl (C=O) groups excluding carboxylic acids is 2. The third-order valence-corrected chi connectivity index (χ3v) is 5.62. The third kappa shape index (κ3) is 3.54. The predicted octanol–water partition coefficient (Wildman–Crippen LogP) is 3.07. The van der Waals surface area contributed by atoms with Gasteiger partial charge in [-0.2, -0.15) is 5.10 Å². The number of nitrogens with zero attached hydrogens (tertiary/aromatic N) is 2. The summed E-state index contributed by atoms with van der Waals surface area (Å²) in [5, 5.41) is 10.5. The van der Waals surface area contributed by atoms with Crippen molar-refractivity contribution in [3.8, 4) is 5.75 Å². The minimum atomic E-state index is -0.193. The van der Waals surface area contributed by atoms with E-state index in [1.165, 1.54) is 11.3 Å². The lowest BCUT2D eigenvalue weighted by atomic mass is 9.92. The van der Waals surface area contributed by atoms with Gasteiger partial charge in [-0.1, -0.05) is 30.3 Å². The Labute approximate surface area is 174 Å². The van der Waals surface area contributed by atoms with Crippen LogP contribution in [0.15, 0.2) is 54.7 Å². The number of amides is 2. The SMILES string of the molecule is O=C1COc2cc(C(=O)N[C@@H]3CCCc4c3cnn4Cc3ccccc3)ccc2N1. The number of nitrogens with one attached hydrogen (secondary N) is 2. The molecule has 7 heteroatoms. The highest BCUT2D eigenvalue weighted by molar-refractivity contribution is 5.99. The molecule has 2 aliphatic rings. The maximum atomic E-state index is 12.9. The molecule has 2 N–H and O–H groups in total. The largest absolute Gasteiger partial charge is 0.482 e. The predicted molar refractivity (Wildman–Crippen MR) is 111 cm³/mol. The Bertz CT molecular complexity index is 1110. The molecule has 1 aliphatic heterocycles. The molecule has 1 aromatic heterocycles. The molecule has 5 rings (SSSR count). The maximum Gasteiger partial charge on any atom is 0.262 e. The molecular formula is C23H22N4O3. The molecule has 2 amide bonds. The van der Waals surface area contributed by atoms with E-state index in [0.717, 1.165) is 31.4 Å². The first-order valence-electron chi connectivity index (χ1n) is 10.1. The smallest absolute Gasteiger partial charge is 0.262 e. The average Bonchev–Trinajstić information content (AvgIpc) is 3.18. The van der Waals surface area contributed by atoms with Gasteiger partial charge >= 0.3 is 0 Å². The fourth-order valence-corrected chi connectivity index (χ4v) is 4.12. The summed E-state index contributed by atoms with van der Waals surface area (Å²) in [6.07, 6.45) is 4.72. The van der Waals surface area contributed by atoms with Gasteiger partial charge in [-0.3, -0.25) is 14.3 Å². The lowest BCUT2D eigenvalue weighted by Crippen LogP contribution is -2.31. The Morgan fingerprint density at radius 2 is 2.10 bits per heavy atom. The van der Waals surface area contributed by atoms with E-state index in [-0.39, 0.29) is 24.5 Å². The second-order valence-corrected chi connectivity index (χ2v) is 7.66. The van der Waals surface area contributed by atoms with Crippen LogP contribution in [0.2, 0.25) is 0 Å². The third-order valence-electron chi connectivity index (χ3n) is 5.62. The summed E-state index contributed by atoms with van der Waals surface area (Å²) in [5.41, 5.74) is 4.58. The summed E-state index contributed by atoms with van der Waals surface area (Å²) in [4.78, 5) is 24.3. The Kier molecular flexibility index (Phi) is 4.71. The van der Waals surface area contributed by atoms with E-state index in [1.807, 2.05) is 29.1 Å². The normalized spacial score (nSPS) is 17.3. The highest BCUT2D eigenvalue weighted by Gasteiger charge is 2.26. The van der Waals surface area contributed by atoms with E-state index in [9.17, 15) is 9.59 Å². The number of hydrogen-bond donors (Lipinski definition) is 2. The molecule has 152 valence electrons. The number of fused-ring (bicyclic) bond motifs is 2. The summed E-state index contributed by atoms with van der Waals surface area (Å²) in [5.74, 6) is 0.163. The molecule has 2 aromatic carbocycles. The van der Waals surface area contributed by atoms with Gasteiger partial charge in [0.05, 0.1) is 24.5 Å². The summed E-state index contributed by atoms with van der Waals surface area (Å²) in [6, 6.07) is 15.3. The number of aromatic nitrogens is 2. The van der Waals surface area contributed by atoms with Crippen molar-refractivity contribution in [3.63, 3.8) is 0 Å². The molecule has 1 atom stereocenters. The molecule has 0 saturated heterocycles. The van der Waals surface area contributed by atoms with Gasteiger partial charge in [0.25, 0.3) is 11.8 Å². The van der Waals surface area contributed by atoms with Crippen molar-refractivity contribution >= 4 is 17.5 Å². The van der Waals surface area contributed by atoms with Crippen LogP contribution in [0, 0.1) is 0 Å². The van der Waals surface area contributed by atoms with Crippen molar-refractivity contribution in [2.24, 2.45) is 0 Å². The first-order valence-corrected chi connectivity index (χ1v) is 10.1. The van der Waals surface area contributed by atoms with Crippen molar-refractivity contribution < 1.29 is 14.3 Å². The molecule has 0 fully saturated rings. The molecular weight excluding hydrogens is 380 g/mol. The van der Waals surface area contributed by atoms with E-state index >= 15 is 0 Å². The quantitative estimate of drug-likeness (QED) is 0.702. The van der Waals surface area contributed by atoms with Crippen LogP contribution in [-0.2, 0) is 17.8 Å². The standard InChI is InChI=1S/C23H22N4O3/c28-22-14-30-21-11-16(9-10-19(21)25-22)23(29)26-18-7-4-8-20-17(18)12-24-27(20)13-15-5-2-1-3-6-15/h1-3,5-6,9-12,18H,4,7-8,13-14H2,(H,25,28)(H,26,29)/t18-/m1/s1. The number of anilines is 1. The summed E-state index contributed by atoms with van der Waals surface area (Å²) >= 11 is 0. The zero-order chi connectivity index (χ0) is 20.5. The lowest BCUT2D eigenvalue weighted by Gasteiger charge is -2.25. The number of hydrogen-bond acceptors (Lipinski definition) is 4. The van der Waals surface area contributed by atoms with Crippen molar-refractivity contribution in [2.45, 2.75) is 31.8 Å². The van der Waals surface area contributed by atoms with Gasteiger partial charge in [0.15, 0.2) is 6.61 Å².